The van der Waals surface area contributed by atoms with Crippen LogP contribution < -0.4 is 5.73 Å². The van der Waals surface area contributed by atoms with Crippen LogP contribution in [0.1, 0.15) is 51.9 Å². The van der Waals surface area contributed by atoms with Gasteiger partial charge in [0.2, 0.25) is 5.91 Å². The fourth-order valence-corrected chi connectivity index (χ4v) is 3.29. The van der Waals surface area contributed by atoms with E-state index in [0.717, 1.165) is 13.1 Å². The number of hydrogen-bond acceptors (Lipinski definition) is 3. The molecule has 0 aromatic heterocycles. The van der Waals surface area contributed by atoms with E-state index in [1.165, 1.54) is 44.9 Å². The van der Waals surface area contributed by atoms with E-state index in [1.807, 2.05) is 0 Å². The number of rotatable bonds is 7. The smallest absolute Gasteiger partial charge is 0.236 e. The van der Waals surface area contributed by atoms with Gasteiger partial charge < -0.3 is 10.6 Å². The van der Waals surface area contributed by atoms with Crippen LogP contribution in [-0.2, 0) is 4.79 Å². The third kappa shape index (κ3) is 4.18. The molecule has 0 aliphatic heterocycles. The third-order valence-corrected chi connectivity index (χ3v) is 4.49. The molecule has 2 fully saturated rings. The Morgan fingerprint density at radius 2 is 1.79 bits per heavy atom. The quantitative estimate of drug-likeness (QED) is 0.762. The van der Waals surface area contributed by atoms with Gasteiger partial charge in [-0.05, 0) is 32.6 Å². The highest BCUT2D eigenvalue weighted by molar-refractivity contribution is 5.79. The molecule has 0 saturated heterocycles. The maximum atomic E-state index is 12.4. The zero-order valence-corrected chi connectivity index (χ0v) is 12.3. The van der Waals surface area contributed by atoms with Crippen molar-refractivity contribution in [1.82, 2.24) is 9.80 Å². The fraction of sp³-hybridized carbons (Fsp3) is 0.933. The van der Waals surface area contributed by atoms with Crippen molar-refractivity contribution < 1.29 is 4.79 Å². The Hall–Kier alpha value is -0.610. The van der Waals surface area contributed by atoms with Crippen molar-refractivity contribution in [3.05, 3.63) is 0 Å². The molecule has 0 radical (unpaired) electrons. The molecule has 2 saturated carbocycles. The topological polar surface area (TPSA) is 49.6 Å². The summed E-state index contributed by atoms with van der Waals surface area (Å²) in [7, 11) is 0. The van der Waals surface area contributed by atoms with Gasteiger partial charge in [0.1, 0.15) is 0 Å². The van der Waals surface area contributed by atoms with Gasteiger partial charge in [0, 0.05) is 31.7 Å². The SMILES string of the molecule is CCN(C(=O)CN(CCN)C1CCCCC1)C1CC1. The number of carbonyl (C=O) groups excluding carboxylic acids is 1. The van der Waals surface area contributed by atoms with Crippen LogP contribution in [0.15, 0.2) is 0 Å². The molecule has 0 unspecified atom stereocenters. The van der Waals surface area contributed by atoms with Crippen molar-refractivity contribution in [3.8, 4) is 0 Å². The van der Waals surface area contributed by atoms with Gasteiger partial charge in [-0.2, -0.15) is 0 Å². The lowest BCUT2D eigenvalue weighted by Gasteiger charge is -2.35. The molecule has 2 aliphatic carbocycles. The Labute approximate surface area is 117 Å². The van der Waals surface area contributed by atoms with Crippen LogP contribution in [0.4, 0.5) is 0 Å². The molecule has 0 spiro atoms. The molecule has 2 rings (SSSR count). The Balaban J connectivity index is 1.88. The van der Waals surface area contributed by atoms with E-state index in [0.29, 0.717) is 31.1 Å². The number of likely N-dealkylation sites (N-methyl/N-ethyl adjacent to an activating group) is 1. The number of hydrogen-bond donors (Lipinski definition) is 1. The predicted octanol–water partition coefficient (Wildman–Crippen LogP) is 1.59. The first-order valence-electron chi connectivity index (χ1n) is 7.99. The molecular weight excluding hydrogens is 238 g/mol. The normalized spacial score (nSPS) is 20.8. The molecule has 19 heavy (non-hydrogen) atoms. The van der Waals surface area contributed by atoms with Crippen LogP contribution >= 0.6 is 0 Å². The fourth-order valence-electron chi connectivity index (χ4n) is 3.29. The first-order chi connectivity index (χ1) is 9.26. The predicted molar refractivity (Wildman–Crippen MR) is 77.9 cm³/mol. The molecule has 0 atom stereocenters. The molecule has 1 amide bonds. The van der Waals surface area contributed by atoms with Crippen molar-refractivity contribution in [2.75, 3.05) is 26.2 Å². The van der Waals surface area contributed by atoms with Crippen molar-refractivity contribution in [3.63, 3.8) is 0 Å². The first-order valence-corrected chi connectivity index (χ1v) is 7.99. The lowest BCUT2D eigenvalue weighted by atomic mass is 9.94. The second kappa shape index (κ2) is 7.25. The summed E-state index contributed by atoms with van der Waals surface area (Å²) in [6.45, 7) is 5.03. The number of nitrogens with zero attached hydrogens (tertiary/aromatic N) is 2. The van der Waals surface area contributed by atoms with Crippen LogP contribution in [-0.4, -0.2) is 54.0 Å². The monoisotopic (exact) mass is 267 g/mol. The standard InChI is InChI=1S/C15H29N3O/c1-2-18(14-8-9-14)15(19)12-17(11-10-16)13-6-4-3-5-7-13/h13-14H,2-12,16H2,1H3. The summed E-state index contributed by atoms with van der Waals surface area (Å²) in [5.74, 6) is 0.309. The van der Waals surface area contributed by atoms with Gasteiger partial charge in [-0.3, -0.25) is 9.69 Å². The van der Waals surface area contributed by atoms with Gasteiger partial charge in [0.05, 0.1) is 6.54 Å². The van der Waals surface area contributed by atoms with Crippen LogP contribution in [0.3, 0.4) is 0 Å². The maximum absolute atomic E-state index is 12.4. The van der Waals surface area contributed by atoms with E-state index in [1.54, 1.807) is 0 Å². The summed E-state index contributed by atoms with van der Waals surface area (Å²) in [6.07, 6.45) is 8.83. The second-order valence-corrected chi connectivity index (χ2v) is 5.96. The highest BCUT2D eigenvalue weighted by Gasteiger charge is 2.32. The summed E-state index contributed by atoms with van der Waals surface area (Å²) in [5, 5.41) is 0. The summed E-state index contributed by atoms with van der Waals surface area (Å²) in [6, 6.07) is 1.11. The summed E-state index contributed by atoms with van der Waals surface area (Å²) < 4.78 is 0. The van der Waals surface area contributed by atoms with E-state index >= 15 is 0 Å². The van der Waals surface area contributed by atoms with Gasteiger partial charge in [-0.15, -0.1) is 0 Å². The average Bonchev–Trinajstić information content (AvgIpc) is 3.25. The van der Waals surface area contributed by atoms with Gasteiger partial charge in [0.25, 0.3) is 0 Å². The summed E-state index contributed by atoms with van der Waals surface area (Å²) >= 11 is 0. The number of carbonyl (C=O) groups is 1. The van der Waals surface area contributed by atoms with E-state index in [-0.39, 0.29) is 0 Å². The number of amides is 1. The Kier molecular flexibility index (Phi) is 5.64. The van der Waals surface area contributed by atoms with E-state index in [2.05, 4.69) is 16.7 Å². The molecular formula is C15H29N3O. The van der Waals surface area contributed by atoms with Crippen LogP contribution in [0.2, 0.25) is 0 Å². The van der Waals surface area contributed by atoms with Gasteiger partial charge in [-0.1, -0.05) is 19.3 Å². The lowest BCUT2D eigenvalue weighted by Crippen LogP contribution is -2.47. The van der Waals surface area contributed by atoms with Crippen LogP contribution in [0.25, 0.3) is 0 Å². The molecule has 0 aromatic carbocycles. The lowest BCUT2D eigenvalue weighted by molar-refractivity contribution is -0.133. The van der Waals surface area contributed by atoms with Gasteiger partial charge in [-0.25, -0.2) is 0 Å². The molecule has 2 aliphatic rings. The highest BCUT2D eigenvalue weighted by Crippen LogP contribution is 2.27. The second-order valence-electron chi connectivity index (χ2n) is 5.96. The molecule has 4 heteroatoms. The molecule has 0 heterocycles. The Morgan fingerprint density at radius 1 is 1.11 bits per heavy atom. The van der Waals surface area contributed by atoms with E-state index in [4.69, 9.17) is 5.73 Å². The number of nitrogens with two attached hydrogens (primary N) is 1. The molecule has 110 valence electrons. The molecule has 2 N–H and O–H groups in total. The van der Waals surface area contributed by atoms with E-state index < -0.39 is 0 Å². The van der Waals surface area contributed by atoms with Crippen molar-refractivity contribution >= 4 is 5.91 Å². The first kappa shape index (κ1) is 14.8. The Morgan fingerprint density at radius 3 is 2.32 bits per heavy atom. The summed E-state index contributed by atoms with van der Waals surface area (Å²) in [5.41, 5.74) is 5.73. The van der Waals surface area contributed by atoms with Crippen LogP contribution in [0.5, 0.6) is 0 Å². The largest absolute Gasteiger partial charge is 0.339 e. The molecule has 0 aromatic rings. The summed E-state index contributed by atoms with van der Waals surface area (Å²) in [4.78, 5) is 16.8. The van der Waals surface area contributed by atoms with Crippen molar-refractivity contribution in [1.29, 1.82) is 0 Å². The zero-order valence-electron chi connectivity index (χ0n) is 12.3. The Bertz CT molecular complexity index is 285. The minimum Gasteiger partial charge on any atom is -0.339 e. The van der Waals surface area contributed by atoms with Gasteiger partial charge in [0.15, 0.2) is 0 Å². The van der Waals surface area contributed by atoms with Gasteiger partial charge >= 0.3 is 0 Å². The molecule has 4 nitrogen and oxygen atoms in total. The minimum absolute atomic E-state index is 0.309. The van der Waals surface area contributed by atoms with Crippen LogP contribution in [0, 0.1) is 0 Å². The minimum atomic E-state index is 0.309. The van der Waals surface area contributed by atoms with E-state index in [9.17, 15) is 4.79 Å². The average molecular weight is 267 g/mol. The zero-order chi connectivity index (χ0) is 13.7. The highest BCUT2D eigenvalue weighted by atomic mass is 16.2. The van der Waals surface area contributed by atoms with Crippen molar-refractivity contribution in [2.24, 2.45) is 5.73 Å². The molecule has 0 bridgehead atoms. The maximum Gasteiger partial charge on any atom is 0.236 e. The van der Waals surface area contributed by atoms with Crippen molar-refractivity contribution in [2.45, 2.75) is 64.0 Å². The third-order valence-electron chi connectivity index (χ3n) is 4.49.